The molecule has 1 N–H and O–H groups in total. The van der Waals surface area contributed by atoms with Gasteiger partial charge < -0.3 is 14.5 Å². The van der Waals surface area contributed by atoms with Gasteiger partial charge in [0.1, 0.15) is 11.9 Å². The molecule has 1 aliphatic rings. The van der Waals surface area contributed by atoms with Crippen LogP contribution >= 0.6 is 0 Å². The fourth-order valence-corrected chi connectivity index (χ4v) is 3.37. The molecule has 2 heterocycles. The first-order valence-electron chi connectivity index (χ1n) is 5.66. The van der Waals surface area contributed by atoms with Crippen molar-refractivity contribution >= 4 is 16.0 Å². The fourth-order valence-electron chi connectivity index (χ4n) is 1.85. The Morgan fingerprint density at radius 2 is 2.37 bits per heavy atom. The number of aromatic nitrogens is 2. The summed E-state index contributed by atoms with van der Waals surface area (Å²) in [5, 5.41) is -0.0409. The van der Waals surface area contributed by atoms with Crippen LogP contribution < -0.4 is 0 Å². The topological polar surface area (TPSA) is 102 Å². The van der Waals surface area contributed by atoms with Crippen LogP contribution in [-0.2, 0) is 24.3 Å². The summed E-state index contributed by atoms with van der Waals surface area (Å²) in [5.41, 5.74) is 0. The van der Waals surface area contributed by atoms with Crippen LogP contribution in [0, 0.1) is 6.92 Å². The summed E-state index contributed by atoms with van der Waals surface area (Å²) in [7, 11) is -2.60. The van der Waals surface area contributed by atoms with Crippen molar-refractivity contribution in [3.8, 4) is 0 Å². The zero-order valence-electron chi connectivity index (χ0n) is 10.6. The van der Waals surface area contributed by atoms with Crippen LogP contribution in [0.25, 0.3) is 0 Å². The summed E-state index contributed by atoms with van der Waals surface area (Å²) in [6, 6.07) is -0.965. The van der Waals surface area contributed by atoms with Crippen LogP contribution in [0.4, 0.5) is 0 Å². The second-order valence-corrected chi connectivity index (χ2v) is 5.92. The Kier molecular flexibility index (Phi) is 3.88. The second-order valence-electron chi connectivity index (χ2n) is 4.06. The van der Waals surface area contributed by atoms with Crippen LogP contribution in [0.2, 0.25) is 0 Å². The maximum atomic E-state index is 12.4. The molecule has 1 saturated heterocycles. The minimum absolute atomic E-state index is 0.0149. The maximum Gasteiger partial charge on any atom is 0.326 e. The van der Waals surface area contributed by atoms with E-state index in [4.69, 9.17) is 4.74 Å². The summed E-state index contributed by atoms with van der Waals surface area (Å²) in [6.07, 6.45) is 1.23. The molecule has 0 aliphatic carbocycles. The van der Waals surface area contributed by atoms with E-state index in [2.05, 4.69) is 14.7 Å². The molecule has 1 fully saturated rings. The van der Waals surface area contributed by atoms with Gasteiger partial charge in [-0.15, -0.1) is 0 Å². The summed E-state index contributed by atoms with van der Waals surface area (Å²) in [4.78, 5) is 18.1. The number of esters is 1. The minimum Gasteiger partial charge on any atom is -0.468 e. The Bertz CT molecular complexity index is 567. The van der Waals surface area contributed by atoms with Crippen molar-refractivity contribution in [3.63, 3.8) is 0 Å². The summed E-state index contributed by atoms with van der Waals surface area (Å²) in [5.74, 6) is -0.152. The summed E-state index contributed by atoms with van der Waals surface area (Å²) >= 11 is 0. The monoisotopic (exact) mass is 289 g/mol. The van der Waals surface area contributed by atoms with Crippen molar-refractivity contribution in [2.45, 2.75) is 18.0 Å². The third-order valence-corrected chi connectivity index (χ3v) is 4.64. The van der Waals surface area contributed by atoms with E-state index in [-0.39, 0.29) is 24.8 Å². The lowest BCUT2D eigenvalue weighted by molar-refractivity contribution is -0.149. The lowest BCUT2D eigenvalue weighted by atomic mass is 10.3. The number of carbonyl (C=O) groups is 1. The normalized spacial score (nSPS) is 21.3. The van der Waals surface area contributed by atoms with Crippen molar-refractivity contribution in [1.29, 1.82) is 0 Å². The molecule has 1 aromatic heterocycles. The van der Waals surface area contributed by atoms with E-state index in [1.54, 1.807) is 6.92 Å². The standard InChI is InChI=1S/C10H15N3O5S/c1-7-11-5-9(12-7)19(15,16)13-3-4-18-6-8(13)10(14)17-2/h5,8H,3-4,6H2,1-2H3,(H,11,12). The van der Waals surface area contributed by atoms with Crippen LogP contribution in [0.1, 0.15) is 5.82 Å². The predicted molar refractivity (Wildman–Crippen MR) is 63.8 cm³/mol. The quantitative estimate of drug-likeness (QED) is 0.737. The number of aryl methyl sites for hydroxylation is 1. The van der Waals surface area contributed by atoms with Gasteiger partial charge >= 0.3 is 5.97 Å². The SMILES string of the molecule is COC(=O)C1COCCN1S(=O)(=O)c1cnc(C)[nH]1. The lowest BCUT2D eigenvalue weighted by Gasteiger charge is -2.31. The van der Waals surface area contributed by atoms with Gasteiger partial charge in [-0.3, -0.25) is 4.79 Å². The van der Waals surface area contributed by atoms with Crippen LogP contribution in [0.5, 0.6) is 0 Å². The Balaban J connectivity index is 2.34. The molecule has 2 rings (SSSR count). The molecule has 1 unspecified atom stereocenters. The van der Waals surface area contributed by atoms with E-state index in [0.717, 1.165) is 4.31 Å². The van der Waals surface area contributed by atoms with Gasteiger partial charge in [0.15, 0.2) is 5.03 Å². The summed E-state index contributed by atoms with van der Waals surface area (Å²) < 4.78 is 35.7. The molecule has 1 aliphatic heterocycles. The Morgan fingerprint density at radius 3 is 2.95 bits per heavy atom. The van der Waals surface area contributed by atoms with E-state index >= 15 is 0 Å². The molecule has 9 heteroatoms. The van der Waals surface area contributed by atoms with Gasteiger partial charge in [-0.25, -0.2) is 13.4 Å². The van der Waals surface area contributed by atoms with Gasteiger partial charge in [0.2, 0.25) is 0 Å². The molecule has 19 heavy (non-hydrogen) atoms. The van der Waals surface area contributed by atoms with Gasteiger partial charge in [0, 0.05) is 6.54 Å². The lowest BCUT2D eigenvalue weighted by Crippen LogP contribution is -2.52. The Morgan fingerprint density at radius 1 is 1.63 bits per heavy atom. The van der Waals surface area contributed by atoms with Crippen LogP contribution in [0.15, 0.2) is 11.2 Å². The predicted octanol–water partition coefficient (Wildman–Crippen LogP) is -0.719. The van der Waals surface area contributed by atoms with E-state index in [0.29, 0.717) is 5.82 Å². The number of hydrogen-bond acceptors (Lipinski definition) is 6. The van der Waals surface area contributed by atoms with Crippen molar-refractivity contribution in [2.75, 3.05) is 26.9 Å². The van der Waals surface area contributed by atoms with Gasteiger partial charge in [0.25, 0.3) is 10.0 Å². The number of morpholine rings is 1. The van der Waals surface area contributed by atoms with Gasteiger partial charge in [-0.2, -0.15) is 4.31 Å². The molecule has 0 aromatic carbocycles. The number of sulfonamides is 1. The van der Waals surface area contributed by atoms with Crippen molar-refractivity contribution in [2.24, 2.45) is 0 Å². The van der Waals surface area contributed by atoms with Crippen molar-refractivity contribution < 1.29 is 22.7 Å². The number of nitrogens with zero attached hydrogens (tertiary/aromatic N) is 2. The number of methoxy groups -OCH3 is 1. The third kappa shape index (κ3) is 2.62. The Labute approximate surface area is 110 Å². The van der Waals surface area contributed by atoms with Crippen molar-refractivity contribution in [3.05, 3.63) is 12.0 Å². The van der Waals surface area contributed by atoms with E-state index < -0.39 is 22.0 Å². The molecule has 1 atom stereocenters. The zero-order chi connectivity index (χ0) is 14.0. The summed E-state index contributed by atoms with van der Waals surface area (Å²) in [6.45, 7) is 1.97. The molecular weight excluding hydrogens is 274 g/mol. The molecular formula is C10H15N3O5S. The number of carbonyl (C=O) groups excluding carboxylic acids is 1. The van der Waals surface area contributed by atoms with Crippen LogP contribution in [0.3, 0.4) is 0 Å². The highest BCUT2D eigenvalue weighted by atomic mass is 32.2. The first-order chi connectivity index (χ1) is 8.96. The van der Waals surface area contributed by atoms with Gasteiger partial charge in [-0.1, -0.05) is 0 Å². The largest absolute Gasteiger partial charge is 0.468 e. The first kappa shape index (κ1) is 14.0. The van der Waals surface area contributed by atoms with Gasteiger partial charge in [0.05, 0.1) is 26.5 Å². The minimum atomic E-state index is -3.81. The van der Waals surface area contributed by atoms with E-state index in [1.165, 1.54) is 13.3 Å². The van der Waals surface area contributed by atoms with E-state index in [9.17, 15) is 13.2 Å². The number of nitrogens with one attached hydrogen (secondary N) is 1. The molecule has 106 valence electrons. The van der Waals surface area contributed by atoms with Crippen molar-refractivity contribution in [1.82, 2.24) is 14.3 Å². The highest BCUT2D eigenvalue weighted by Crippen LogP contribution is 2.19. The molecule has 0 bridgehead atoms. The smallest absolute Gasteiger partial charge is 0.326 e. The number of imidazole rings is 1. The zero-order valence-corrected chi connectivity index (χ0v) is 11.4. The highest BCUT2D eigenvalue weighted by Gasteiger charge is 2.39. The second kappa shape index (κ2) is 5.27. The fraction of sp³-hybridized carbons (Fsp3) is 0.600. The molecule has 0 amide bonds. The molecule has 1 aromatic rings. The average molecular weight is 289 g/mol. The first-order valence-corrected chi connectivity index (χ1v) is 7.10. The van der Waals surface area contributed by atoms with Crippen LogP contribution in [-0.4, -0.2) is 61.6 Å². The average Bonchev–Trinajstić information content (AvgIpc) is 2.85. The number of ether oxygens (including phenoxy) is 2. The molecule has 0 saturated carbocycles. The Hall–Kier alpha value is -1.45. The number of H-pyrrole nitrogens is 1. The van der Waals surface area contributed by atoms with E-state index in [1.807, 2.05) is 0 Å². The molecule has 8 nitrogen and oxygen atoms in total. The third-order valence-electron chi connectivity index (χ3n) is 2.82. The number of rotatable bonds is 3. The molecule has 0 spiro atoms. The maximum absolute atomic E-state index is 12.4. The number of aromatic amines is 1. The van der Waals surface area contributed by atoms with Gasteiger partial charge in [-0.05, 0) is 6.92 Å². The highest BCUT2D eigenvalue weighted by molar-refractivity contribution is 7.89. The number of hydrogen-bond donors (Lipinski definition) is 1. The molecule has 0 radical (unpaired) electrons.